The quantitative estimate of drug-likeness (QED) is 0.842. The van der Waals surface area contributed by atoms with Crippen LogP contribution in [0.3, 0.4) is 0 Å². The zero-order chi connectivity index (χ0) is 13.9. The minimum absolute atomic E-state index is 0.271. The zero-order valence-electron chi connectivity index (χ0n) is 11.4. The van der Waals surface area contributed by atoms with Gasteiger partial charge in [0, 0.05) is 18.2 Å². The molecule has 1 aromatic carbocycles. The van der Waals surface area contributed by atoms with E-state index in [0.29, 0.717) is 25.8 Å². The molecule has 20 heavy (non-hydrogen) atoms. The van der Waals surface area contributed by atoms with Crippen LogP contribution in [0.25, 0.3) is 11.5 Å². The average Bonchev–Trinajstić information content (AvgIpc) is 2.84. The number of hydrogen-bond acceptors (Lipinski definition) is 5. The monoisotopic (exact) mass is 275 g/mol. The first-order valence-electron chi connectivity index (χ1n) is 6.69. The van der Waals surface area contributed by atoms with Crippen LogP contribution in [0.5, 0.6) is 0 Å². The van der Waals surface area contributed by atoms with Crippen molar-refractivity contribution in [2.75, 3.05) is 19.8 Å². The predicted molar refractivity (Wildman–Crippen MR) is 73.2 cm³/mol. The average molecular weight is 275 g/mol. The summed E-state index contributed by atoms with van der Waals surface area (Å²) in [7, 11) is 0. The molecule has 1 aliphatic rings. The van der Waals surface area contributed by atoms with Crippen LogP contribution in [0.15, 0.2) is 39.5 Å². The third-order valence-electron chi connectivity index (χ3n) is 3.45. The summed E-state index contributed by atoms with van der Waals surface area (Å²) in [6.07, 6.45) is 0. The molecule has 106 valence electrons. The molecule has 2 heterocycles. The summed E-state index contributed by atoms with van der Waals surface area (Å²) < 4.78 is 12.0. The van der Waals surface area contributed by atoms with E-state index in [1.807, 2.05) is 30.3 Å². The van der Waals surface area contributed by atoms with Gasteiger partial charge in [-0.25, -0.2) is 4.79 Å². The highest BCUT2D eigenvalue weighted by Gasteiger charge is 2.21. The van der Waals surface area contributed by atoms with Crippen molar-refractivity contribution in [1.82, 2.24) is 14.7 Å². The van der Waals surface area contributed by atoms with Crippen molar-refractivity contribution in [3.63, 3.8) is 0 Å². The number of aromatic nitrogens is 2. The fourth-order valence-corrected chi connectivity index (χ4v) is 2.24. The van der Waals surface area contributed by atoms with E-state index >= 15 is 0 Å². The lowest BCUT2D eigenvalue weighted by Gasteiger charge is -2.32. The highest BCUT2D eigenvalue weighted by atomic mass is 16.5. The Morgan fingerprint density at radius 2 is 2.15 bits per heavy atom. The molecule has 1 saturated heterocycles. The second-order valence-corrected chi connectivity index (χ2v) is 4.92. The van der Waals surface area contributed by atoms with Gasteiger partial charge in [-0.2, -0.15) is 4.68 Å². The van der Waals surface area contributed by atoms with Crippen LogP contribution >= 0.6 is 0 Å². The predicted octanol–water partition coefficient (Wildman–Crippen LogP) is 1.18. The van der Waals surface area contributed by atoms with Crippen LogP contribution in [0, 0.1) is 0 Å². The third kappa shape index (κ3) is 2.66. The van der Waals surface area contributed by atoms with Crippen LogP contribution in [0.1, 0.15) is 6.92 Å². The van der Waals surface area contributed by atoms with E-state index < -0.39 is 5.76 Å². The van der Waals surface area contributed by atoms with Crippen LogP contribution in [-0.4, -0.2) is 40.5 Å². The van der Waals surface area contributed by atoms with E-state index in [0.717, 1.165) is 12.1 Å². The molecule has 3 rings (SSSR count). The van der Waals surface area contributed by atoms with Gasteiger partial charge in [-0.15, -0.1) is 5.10 Å². The Morgan fingerprint density at radius 3 is 2.90 bits per heavy atom. The molecule has 1 aromatic heterocycles. The number of hydrogen-bond donors (Lipinski definition) is 0. The molecule has 6 nitrogen and oxygen atoms in total. The molecule has 0 radical (unpaired) electrons. The first kappa shape index (κ1) is 13.1. The van der Waals surface area contributed by atoms with Crippen molar-refractivity contribution in [3.05, 3.63) is 40.9 Å². The Balaban J connectivity index is 1.81. The summed E-state index contributed by atoms with van der Waals surface area (Å²) in [4.78, 5) is 14.0. The molecule has 0 aliphatic carbocycles. The van der Waals surface area contributed by atoms with E-state index in [4.69, 9.17) is 9.15 Å². The molecule has 0 bridgehead atoms. The number of ether oxygens (including phenoxy) is 1. The van der Waals surface area contributed by atoms with Gasteiger partial charge < -0.3 is 9.15 Å². The van der Waals surface area contributed by atoms with E-state index in [-0.39, 0.29) is 6.04 Å². The van der Waals surface area contributed by atoms with E-state index in [1.54, 1.807) is 0 Å². The maximum atomic E-state index is 11.9. The van der Waals surface area contributed by atoms with Crippen LogP contribution < -0.4 is 5.76 Å². The van der Waals surface area contributed by atoms with Crippen molar-refractivity contribution in [1.29, 1.82) is 0 Å². The number of nitrogens with zero attached hydrogens (tertiary/aromatic N) is 3. The van der Waals surface area contributed by atoms with Gasteiger partial charge in [-0.3, -0.25) is 4.90 Å². The SMILES string of the molecule is C[C@@H]1COCCN1Cn1nc(-c2ccccc2)oc1=O. The van der Waals surface area contributed by atoms with Gasteiger partial charge in [-0.1, -0.05) is 18.2 Å². The first-order chi connectivity index (χ1) is 9.74. The molecule has 0 saturated carbocycles. The lowest BCUT2D eigenvalue weighted by molar-refractivity contribution is -0.0182. The molecule has 6 heteroatoms. The minimum atomic E-state index is -0.428. The van der Waals surface area contributed by atoms with Gasteiger partial charge in [0.25, 0.3) is 0 Å². The highest BCUT2D eigenvalue weighted by molar-refractivity contribution is 5.51. The molecule has 2 aromatic rings. The molecule has 0 amide bonds. The normalized spacial score (nSPS) is 20.1. The molecule has 0 spiro atoms. The van der Waals surface area contributed by atoms with Crippen LogP contribution in [-0.2, 0) is 11.4 Å². The van der Waals surface area contributed by atoms with Gasteiger partial charge in [0.05, 0.1) is 13.2 Å². The number of morpholine rings is 1. The minimum Gasteiger partial charge on any atom is -0.388 e. The van der Waals surface area contributed by atoms with Crippen molar-refractivity contribution in [2.45, 2.75) is 19.6 Å². The number of benzene rings is 1. The molecule has 1 atom stereocenters. The molecule has 1 fully saturated rings. The third-order valence-corrected chi connectivity index (χ3v) is 3.45. The van der Waals surface area contributed by atoms with Gasteiger partial charge in [0.15, 0.2) is 0 Å². The summed E-state index contributed by atoms with van der Waals surface area (Å²) in [5.41, 5.74) is 0.804. The molecule has 0 N–H and O–H groups in total. The highest BCUT2D eigenvalue weighted by Crippen LogP contribution is 2.14. The second-order valence-electron chi connectivity index (χ2n) is 4.92. The van der Waals surface area contributed by atoms with Gasteiger partial charge in [0.1, 0.15) is 6.67 Å². The topological polar surface area (TPSA) is 60.5 Å². The van der Waals surface area contributed by atoms with Gasteiger partial charge >= 0.3 is 5.76 Å². The smallest absolute Gasteiger partial charge is 0.388 e. The van der Waals surface area contributed by atoms with Crippen molar-refractivity contribution < 1.29 is 9.15 Å². The van der Waals surface area contributed by atoms with Crippen LogP contribution in [0.4, 0.5) is 0 Å². The fourth-order valence-electron chi connectivity index (χ4n) is 2.24. The van der Waals surface area contributed by atoms with Gasteiger partial charge in [-0.05, 0) is 19.1 Å². The molecular formula is C14H17N3O3. The summed E-state index contributed by atoms with van der Waals surface area (Å²) >= 11 is 0. The molecule has 0 unspecified atom stereocenters. The Bertz CT molecular complexity index is 620. The summed E-state index contributed by atoms with van der Waals surface area (Å²) in [6, 6.07) is 9.69. The maximum Gasteiger partial charge on any atom is 0.438 e. The first-order valence-corrected chi connectivity index (χ1v) is 6.69. The Kier molecular flexibility index (Phi) is 3.66. The lowest BCUT2D eigenvalue weighted by atomic mass is 10.2. The summed E-state index contributed by atoms with van der Waals surface area (Å²) in [6.45, 7) is 4.66. The van der Waals surface area contributed by atoms with Crippen molar-refractivity contribution in [2.24, 2.45) is 0 Å². The van der Waals surface area contributed by atoms with E-state index in [1.165, 1.54) is 4.68 Å². The maximum absolute atomic E-state index is 11.9. The summed E-state index contributed by atoms with van der Waals surface area (Å²) in [5.74, 6) is -0.0703. The van der Waals surface area contributed by atoms with Gasteiger partial charge in [0.2, 0.25) is 5.89 Å². The summed E-state index contributed by atoms with van der Waals surface area (Å²) in [5, 5.41) is 4.26. The van der Waals surface area contributed by atoms with Crippen molar-refractivity contribution in [3.8, 4) is 11.5 Å². The Labute approximate surface area is 116 Å². The fraction of sp³-hybridized carbons (Fsp3) is 0.429. The van der Waals surface area contributed by atoms with E-state index in [9.17, 15) is 4.79 Å². The Hall–Kier alpha value is -1.92. The number of rotatable bonds is 3. The largest absolute Gasteiger partial charge is 0.438 e. The van der Waals surface area contributed by atoms with Crippen molar-refractivity contribution >= 4 is 0 Å². The molecular weight excluding hydrogens is 258 g/mol. The van der Waals surface area contributed by atoms with Crippen LogP contribution in [0.2, 0.25) is 0 Å². The zero-order valence-corrected chi connectivity index (χ0v) is 11.4. The molecule has 1 aliphatic heterocycles. The Morgan fingerprint density at radius 1 is 1.35 bits per heavy atom. The lowest BCUT2D eigenvalue weighted by Crippen LogP contribution is -2.45. The standard InChI is InChI=1S/C14H17N3O3/c1-11-9-19-8-7-16(11)10-17-14(18)20-13(15-17)12-5-3-2-4-6-12/h2-6,11H,7-10H2,1H3/t11-/m1/s1. The second kappa shape index (κ2) is 5.60. The van der Waals surface area contributed by atoms with E-state index in [2.05, 4.69) is 16.9 Å².